The third kappa shape index (κ3) is 3.52. The van der Waals surface area contributed by atoms with E-state index in [9.17, 15) is 9.59 Å². The van der Waals surface area contributed by atoms with Crippen molar-refractivity contribution in [1.29, 1.82) is 0 Å². The smallest absolute Gasteiger partial charge is 0.405 e. The van der Waals surface area contributed by atoms with Crippen LogP contribution in [0.15, 0.2) is 65.5 Å². The number of para-hydroxylation sites is 1. The molecule has 0 aliphatic heterocycles. The number of aromatic amines is 1. The van der Waals surface area contributed by atoms with Gasteiger partial charge in [0.15, 0.2) is 5.82 Å². The van der Waals surface area contributed by atoms with Crippen molar-refractivity contribution in [2.24, 2.45) is 0 Å². The molecule has 0 aliphatic rings. The van der Waals surface area contributed by atoms with E-state index in [4.69, 9.17) is 5.11 Å². The van der Waals surface area contributed by atoms with Crippen LogP contribution in [0.1, 0.15) is 17.4 Å². The van der Waals surface area contributed by atoms with Gasteiger partial charge in [-0.15, -0.1) is 5.10 Å². The molecular formula is C17H16N4O3. The van der Waals surface area contributed by atoms with Gasteiger partial charge in [0.05, 0.1) is 11.7 Å². The van der Waals surface area contributed by atoms with Gasteiger partial charge in [-0.3, -0.25) is 4.98 Å². The Kier molecular flexibility index (Phi) is 4.42. The van der Waals surface area contributed by atoms with E-state index < -0.39 is 17.8 Å². The maximum atomic E-state index is 12.2. The van der Waals surface area contributed by atoms with Gasteiger partial charge in [0.25, 0.3) is 0 Å². The summed E-state index contributed by atoms with van der Waals surface area (Å²) in [5.41, 5.74) is 1.13. The lowest BCUT2D eigenvalue weighted by atomic mass is 10.1. The molecule has 3 N–H and O–H groups in total. The Morgan fingerprint density at radius 1 is 1.12 bits per heavy atom. The molecule has 3 rings (SSSR count). The third-order valence-corrected chi connectivity index (χ3v) is 3.55. The number of amides is 1. The standard InChI is InChI=1S/C17H16N4O3/c22-16-19-15(20-21(16)13-9-5-2-6-10-13)14(18-17(23)24)11-12-7-3-1-4-8-12/h1-10,14,18H,11H2,(H,23,24)(H,19,20,22). The van der Waals surface area contributed by atoms with Crippen LogP contribution in [0.3, 0.4) is 0 Å². The number of nitrogens with zero attached hydrogens (tertiary/aromatic N) is 2. The first-order valence-electron chi connectivity index (χ1n) is 7.41. The lowest BCUT2D eigenvalue weighted by Gasteiger charge is -2.14. The van der Waals surface area contributed by atoms with Crippen molar-refractivity contribution < 1.29 is 9.90 Å². The van der Waals surface area contributed by atoms with E-state index >= 15 is 0 Å². The first-order chi connectivity index (χ1) is 11.6. The molecule has 1 aromatic heterocycles. The number of hydrogen-bond acceptors (Lipinski definition) is 3. The SMILES string of the molecule is O=C(O)NC(Cc1ccccc1)c1nn(-c2ccccc2)c(=O)[nH]1. The van der Waals surface area contributed by atoms with Gasteiger partial charge in [-0.1, -0.05) is 48.5 Å². The van der Waals surface area contributed by atoms with E-state index in [1.54, 1.807) is 24.3 Å². The van der Waals surface area contributed by atoms with Gasteiger partial charge < -0.3 is 10.4 Å². The maximum absolute atomic E-state index is 12.2. The van der Waals surface area contributed by atoms with E-state index in [-0.39, 0.29) is 5.82 Å². The summed E-state index contributed by atoms with van der Waals surface area (Å²) in [4.78, 5) is 25.9. The first-order valence-corrected chi connectivity index (χ1v) is 7.41. The summed E-state index contributed by atoms with van der Waals surface area (Å²) in [6.07, 6.45) is -0.791. The molecule has 122 valence electrons. The van der Waals surface area contributed by atoms with Gasteiger partial charge in [-0.05, 0) is 17.7 Å². The van der Waals surface area contributed by atoms with Gasteiger partial charge in [0.2, 0.25) is 0 Å². The quantitative estimate of drug-likeness (QED) is 0.669. The van der Waals surface area contributed by atoms with Crippen molar-refractivity contribution in [3.63, 3.8) is 0 Å². The van der Waals surface area contributed by atoms with E-state index in [1.807, 2.05) is 36.4 Å². The summed E-state index contributed by atoms with van der Waals surface area (Å²) < 4.78 is 1.22. The first kappa shape index (κ1) is 15.5. The fraction of sp³-hybridized carbons (Fsp3) is 0.118. The van der Waals surface area contributed by atoms with Gasteiger partial charge in [0.1, 0.15) is 0 Å². The molecule has 0 spiro atoms. The maximum Gasteiger partial charge on any atom is 0.405 e. The summed E-state index contributed by atoms with van der Waals surface area (Å²) in [5, 5.41) is 15.7. The Labute approximate surface area is 137 Å². The van der Waals surface area contributed by atoms with Gasteiger partial charge in [0, 0.05) is 6.42 Å². The molecule has 0 radical (unpaired) electrons. The average Bonchev–Trinajstić information content (AvgIpc) is 2.97. The minimum absolute atomic E-state index is 0.273. The minimum atomic E-state index is -1.17. The molecule has 7 heteroatoms. The molecule has 0 bridgehead atoms. The molecule has 2 aromatic carbocycles. The van der Waals surface area contributed by atoms with E-state index in [1.165, 1.54) is 4.68 Å². The van der Waals surface area contributed by atoms with E-state index in [0.717, 1.165) is 5.56 Å². The highest BCUT2D eigenvalue weighted by Gasteiger charge is 2.20. The predicted octanol–water partition coefficient (Wildman–Crippen LogP) is 2.11. The Morgan fingerprint density at radius 3 is 2.38 bits per heavy atom. The van der Waals surface area contributed by atoms with Crippen LogP contribution < -0.4 is 11.0 Å². The lowest BCUT2D eigenvalue weighted by Crippen LogP contribution is -2.29. The zero-order chi connectivity index (χ0) is 16.9. The summed E-state index contributed by atoms with van der Waals surface area (Å²) in [5.74, 6) is 0.273. The number of aromatic nitrogens is 3. The number of H-pyrrole nitrogens is 1. The number of hydrogen-bond donors (Lipinski definition) is 3. The topological polar surface area (TPSA) is 100 Å². The predicted molar refractivity (Wildman–Crippen MR) is 88.2 cm³/mol. The van der Waals surface area contributed by atoms with Crippen LogP contribution in [0.4, 0.5) is 4.79 Å². The van der Waals surface area contributed by atoms with Crippen LogP contribution in [0.5, 0.6) is 0 Å². The van der Waals surface area contributed by atoms with Crippen molar-refractivity contribution in [2.75, 3.05) is 0 Å². The zero-order valence-corrected chi connectivity index (χ0v) is 12.7. The molecule has 0 aliphatic carbocycles. The zero-order valence-electron chi connectivity index (χ0n) is 12.7. The van der Waals surface area contributed by atoms with Crippen LogP contribution in [0.25, 0.3) is 5.69 Å². The summed E-state index contributed by atoms with van der Waals surface area (Å²) >= 11 is 0. The highest BCUT2D eigenvalue weighted by molar-refractivity contribution is 5.65. The van der Waals surface area contributed by atoms with E-state index in [2.05, 4.69) is 15.4 Å². The number of benzene rings is 2. The molecule has 1 atom stereocenters. The van der Waals surface area contributed by atoms with Crippen molar-refractivity contribution >= 4 is 6.09 Å². The van der Waals surface area contributed by atoms with Crippen molar-refractivity contribution in [3.05, 3.63) is 82.5 Å². The Morgan fingerprint density at radius 2 is 1.75 bits per heavy atom. The molecule has 0 fully saturated rings. The van der Waals surface area contributed by atoms with Crippen LogP contribution >= 0.6 is 0 Å². The fourth-order valence-corrected chi connectivity index (χ4v) is 2.46. The minimum Gasteiger partial charge on any atom is -0.465 e. The van der Waals surface area contributed by atoms with Crippen LogP contribution in [-0.4, -0.2) is 26.0 Å². The molecule has 0 saturated carbocycles. The Bertz CT molecular complexity index is 872. The fourth-order valence-electron chi connectivity index (χ4n) is 2.46. The van der Waals surface area contributed by atoms with E-state index in [0.29, 0.717) is 12.1 Å². The summed E-state index contributed by atoms with van der Waals surface area (Å²) in [6, 6.07) is 17.7. The second-order valence-electron chi connectivity index (χ2n) is 5.25. The number of carbonyl (C=O) groups is 1. The second kappa shape index (κ2) is 6.82. The molecular weight excluding hydrogens is 308 g/mol. The van der Waals surface area contributed by atoms with Crippen LogP contribution in [0, 0.1) is 0 Å². The van der Waals surface area contributed by atoms with Gasteiger partial charge in [-0.25, -0.2) is 9.59 Å². The molecule has 1 amide bonds. The molecule has 7 nitrogen and oxygen atoms in total. The molecule has 1 unspecified atom stereocenters. The number of rotatable bonds is 5. The monoisotopic (exact) mass is 324 g/mol. The third-order valence-electron chi connectivity index (χ3n) is 3.55. The Balaban J connectivity index is 1.93. The van der Waals surface area contributed by atoms with Crippen LogP contribution in [0.2, 0.25) is 0 Å². The van der Waals surface area contributed by atoms with Gasteiger partial charge in [-0.2, -0.15) is 4.68 Å². The number of carboxylic acid groups (broad SMARTS) is 1. The Hall–Kier alpha value is -3.35. The van der Waals surface area contributed by atoms with Gasteiger partial charge >= 0.3 is 11.8 Å². The highest BCUT2D eigenvalue weighted by atomic mass is 16.4. The molecule has 3 aromatic rings. The lowest BCUT2D eigenvalue weighted by molar-refractivity contribution is 0.189. The second-order valence-corrected chi connectivity index (χ2v) is 5.25. The molecule has 1 heterocycles. The largest absolute Gasteiger partial charge is 0.465 e. The molecule has 24 heavy (non-hydrogen) atoms. The average molecular weight is 324 g/mol. The summed E-state index contributed by atoms with van der Waals surface area (Å²) in [6.45, 7) is 0. The van der Waals surface area contributed by atoms with Crippen molar-refractivity contribution in [3.8, 4) is 5.69 Å². The van der Waals surface area contributed by atoms with Crippen molar-refractivity contribution in [2.45, 2.75) is 12.5 Å². The molecule has 0 saturated heterocycles. The summed E-state index contributed by atoms with van der Waals surface area (Å²) in [7, 11) is 0. The van der Waals surface area contributed by atoms with Crippen LogP contribution in [-0.2, 0) is 6.42 Å². The highest BCUT2D eigenvalue weighted by Crippen LogP contribution is 2.15. The normalized spacial score (nSPS) is 11.8. The van der Waals surface area contributed by atoms with Crippen molar-refractivity contribution in [1.82, 2.24) is 20.1 Å². The number of nitrogens with one attached hydrogen (secondary N) is 2.